The second kappa shape index (κ2) is 6.95. The number of para-hydroxylation sites is 1. The van der Waals surface area contributed by atoms with Crippen LogP contribution in [0.4, 0.5) is 5.69 Å². The average molecular weight is 300 g/mol. The van der Waals surface area contributed by atoms with Crippen LogP contribution in [0.3, 0.4) is 0 Å². The SMILES string of the molecule is O=C(CC1CCCCC1)Nc1ccccc1C(=O)NC1CC1. The zero-order valence-electron chi connectivity index (χ0n) is 12.9. The Morgan fingerprint density at radius 1 is 1.00 bits per heavy atom. The largest absolute Gasteiger partial charge is 0.349 e. The highest BCUT2D eigenvalue weighted by molar-refractivity contribution is 6.03. The lowest BCUT2D eigenvalue weighted by Crippen LogP contribution is -2.27. The monoisotopic (exact) mass is 300 g/mol. The Morgan fingerprint density at radius 2 is 1.73 bits per heavy atom. The van der Waals surface area contributed by atoms with Gasteiger partial charge in [-0.1, -0.05) is 31.4 Å². The highest BCUT2D eigenvalue weighted by Crippen LogP contribution is 2.27. The maximum Gasteiger partial charge on any atom is 0.253 e. The number of nitrogens with one attached hydrogen (secondary N) is 2. The Bertz CT molecular complexity index is 546. The van der Waals surface area contributed by atoms with Gasteiger partial charge in [0.05, 0.1) is 11.3 Å². The first-order valence-electron chi connectivity index (χ1n) is 8.42. The fourth-order valence-electron chi connectivity index (χ4n) is 3.14. The molecule has 0 heterocycles. The first kappa shape index (κ1) is 15.1. The summed E-state index contributed by atoms with van der Waals surface area (Å²) in [5, 5.41) is 5.91. The Hall–Kier alpha value is -1.84. The van der Waals surface area contributed by atoms with E-state index in [4.69, 9.17) is 0 Å². The van der Waals surface area contributed by atoms with Crippen LogP contribution in [-0.4, -0.2) is 17.9 Å². The number of carbonyl (C=O) groups is 2. The predicted octanol–water partition coefficient (Wildman–Crippen LogP) is 3.49. The number of rotatable bonds is 5. The van der Waals surface area contributed by atoms with Crippen LogP contribution < -0.4 is 10.6 Å². The molecule has 0 aromatic heterocycles. The molecule has 1 aromatic rings. The Balaban J connectivity index is 1.60. The van der Waals surface area contributed by atoms with Crippen molar-refractivity contribution >= 4 is 17.5 Å². The van der Waals surface area contributed by atoms with E-state index in [0.29, 0.717) is 29.6 Å². The summed E-state index contributed by atoms with van der Waals surface area (Å²) in [7, 11) is 0. The van der Waals surface area contributed by atoms with Crippen molar-refractivity contribution in [3.8, 4) is 0 Å². The van der Waals surface area contributed by atoms with E-state index >= 15 is 0 Å². The van der Waals surface area contributed by atoms with Crippen LogP contribution in [0.25, 0.3) is 0 Å². The van der Waals surface area contributed by atoms with Gasteiger partial charge < -0.3 is 10.6 Å². The van der Waals surface area contributed by atoms with Crippen molar-refractivity contribution in [3.05, 3.63) is 29.8 Å². The third-order valence-corrected chi connectivity index (χ3v) is 4.56. The first-order valence-corrected chi connectivity index (χ1v) is 8.42. The van der Waals surface area contributed by atoms with Gasteiger partial charge in [0.2, 0.25) is 5.91 Å². The summed E-state index contributed by atoms with van der Waals surface area (Å²) in [6, 6.07) is 7.58. The van der Waals surface area contributed by atoms with Gasteiger partial charge in [0.25, 0.3) is 5.91 Å². The van der Waals surface area contributed by atoms with Gasteiger partial charge in [0.1, 0.15) is 0 Å². The average Bonchev–Trinajstić information content (AvgIpc) is 3.32. The molecule has 3 rings (SSSR count). The number of amides is 2. The number of anilines is 1. The third-order valence-electron chi connectivity index (χ3n) is 4.56. The second-order valence-electron chi connectivity index (χ2n) is 6.55. The van der Waals surface area contributed by atoms with Crippen LogP contribution in [0.2, 0.25) is 0 Å². The number of benzene rings is 1. The fraction of sp³-hybridized carbons (Fsp3) is 0.556. The van der Waals surface area contributed by atoms with Gasteiger partial charge in [0, 0.05) is 12.5 Å². The van der Waals surface area contributed by atoms with E-state index < -0.39 is 0 Å². The Kier molecular flexibility index (Phi) is 4.76. The molecule has 2 saturated carbocycles. The lowest BCUT2D eigenvalue weighted by atomic mass is 9.87. The summed E-state index contributed by atoms with van der Waals surface area (Å²) in [5.41, 5.74) is 1.19. The summed E-state index contributed by atoms with van der Waals surface area (Å²) in [6.07, 6.45) is 8.75. The summed E-state index contributed by atoms with van der Waals surface area (Å²) >= 11 is 0. The maximum absolute atomic E-state index is 12.2. The van der Waals surface area contributed by atoms with Crippen molar-refractivity contribution < 1.29 is 9.59 Å². The normalized spacial score (nSPS) is 18.7. The summed E-state index contributed by atoms with van der Waals surface area (Å²) < 4.78 is 0. The van der Waals surface area contributed by atoms with Gasteiger partial charge >= 0.3 is 0 Å². The zero-order valence-corrected chi connectivity index (χ0v) is 12.9. The van der Waals surface area contributed by atoms with Crippen molar-refractivity contribution in [3.63, 3.8) is 0 Å². The molecule has 4 nitrogen and oxygen atoms in total. The lowest BCUT2D eigenvalue weighted by Gasteiger charge is -2.21. The van der Waals surface area contributed by atoms with Crippen LogP contribution in [0.15, 0.2) is 24.3 Å². The van der Waals surface area contributed by atoms with Crippen molar-refractivity contribution in [2.75, 3.05) is 5.32 Å². The molecule has 2 aliphatic rings. The molecule has 2 aliphatic carbocycles. The van der Waals surface area contributed by atoms with Crippen molar-refractivity contribution in [2.45, 2.75) is 57.4 Å². The molecule has 2 amide bonds. The quantitative estimate of drug-likeness (QED) is 0.874. The molecule has 2 fully saturated rings. The lowest BCUT2D eigenvalue weighted by molar-refractivity contribution is -0.117. The minimum absolute atomic E-state index is 0.0265. The standard InChI is InChI=1S/C18H24N2O2/c21-17(12-13-6-2-1-3-7-13)20-16-9-5-4-8-15(16)18(22)19-14-10-11-14/h4-5,8-9,13-14H,1-3,6-7,10-12H2,(H,19,22)(H,20,21). The van der Waals surface area contributed by atoms with Crippen LogP contribution in [0, 0.1) is 5.92 Å². The van der Waals surface area contributed by atoms with Crippen LogP contribution in [0.5, 0.6) is 0 Å². The van der Waals surface area contributed by atoms with Crippen molar-refractivity contribution in [1.29, 1.82) is 0 Å². The maximum atomic E-state index is 12.2. The second-order valence-corrected chi connectivity index (χ2v) is 6.55. The van der Waals surface area contributed by atoms with Crippen LogP contribution in [0.1, 0.15) is 61.7 Å². The first-order chi connectivity index (χ1) is 10.7. The van der Waals surface area contributed by atoms with E-state index in [1.807, 2.05) is 12.1 Å². The van der Waals surface area contributed by atoms with E-state index in [9.17, 15) is 9.59 Å². The Labute approximate surface area is 131 Å². The molecule has 1 aromatic carbocycles. The van der Waals surface area contributed by atoms with Gasteiger partial charge in [0.15, 0.2) is 0 Å². The summed E-state index contributed by atoms with van der Waals surface area (Å²) in [4.78, 5) is 24.5. The molecule has 0 aliphatic heterocycles. The molecule has 0 unspecified atom stereocenters. The minimum atomic E-state index is -0.0870. The highest BCUT2D eigenvalue weighted by atomic mass is 16.2. The molecular weight excluding hydrogens is 276 g/mol. The van der Waals surface area contributed by atoms with E-state index in [-0.39, 0.29) is 11.8 Å². The highest BCUT2D eigenvalue weighted by Gasteiger charge is 2.25. The molecule has 0 bridgehead atoms. The van der Waals surface area contributed by atoms with E-state index in [0.717, 1.165) is 25.7 Å². The third kappa shape index (κ3) is 4.09. The molecule has 22 heavy (non-hydrogen) atoms. The summed E-state index contributed by atoms with van der Waals surface area (Å²) in [6.45, 7) is 0. The molecule has 0 spiro atoms. The number of carbonyl (C=O) groups excluding carboxylic acids is 2. The minimum Gasteiger partial charge on any atom is -0.349 e. The molecule has 0 saturated heterocycles. The van der Waals surface area contributed by atoms with E-state index in [1.165, 1.54) is 19.3 Å². The van der Waals surface area contributed by atoms with Gasteiger partial charge in [-0.2, -0.15) is 0 Å². The van der Waals surface area contributed by atoms with Crippen LogP contribution >= 0.6 is 0 Å². The van der Waals surface area contributed by atoms with Gasteiger partial charge in [-0.15, -0.1) is 0 Å². The van der Waals surface area contributed by atoms with Crippen LogP contribution in [-0.2, 0) is 4.79 Å². The topological polar surface area (TPSA) is 58.2 Å². The van der Waals surface area contributed by atoms with Gasteiger partial charge in [-0.3, -0.25) is 9.59 Å². The molecular formula is C18H24N2O2. The Morgan fingerprint density at radius 3 is 2.45 bits per heavy atom. The molecule has 2 N–H and O–H groups in total. The molecule has 118 valence electrons. The predicted molar refractivity (Wildman–Crippen MR) is 86.8 cm³/mol. The number of hydrogen-bond acceptors (Lipinski definition) is 2. The van der Waals surface area contributed by atoms with Gasteiger partial charge in [-0.05, 0) is 43.7 Å². The number of hydrogen-bond donors (Lipinski definition) is 2. The molecule has 4 heteroatoms. The molecule has 0 atom stereocenters. The zero-order chi connectivity index (χ0) is 15.4. The molecule has 0 radical (unpaired) electrons. The van der Waals surface area contributed by atoms with Crippen molar-refractivity contribution in [2.24, 2.45) is 5.92 Å². The van der Waals surface area contributed by atoms with E-state index in [2.05, 4.69) is 10.6 Å². The fourth-order valence-corrected chi connectivity index (χ4v) is 3.14. The van der Waals surface area contributed by atoms with E-state index in [1.54, 1.807) is 12.1 Å². The van der Waals surface area contributed by atoms with Gasteiger partial charge in [-0.25, -0.2) is 0 Å². The van der Waals surface area contributed by atoms with Crippen molar-refractivity contribution in [1.82, 2.24) is 5.32 Å². The summed E-state index contributed by atoms with van der Waals surface area (Å²) in [5.74, 6) is 0.441. The smallest absolute Gasteiger partial charge is 0.253 e.